The molecule has 178 valence electrons. The molecule has 4 rings (SSSR count). The highest BCUT2D eigenvalue weighted by Gasteiger charge is 2.18. The number of hydrogen-bond donors (Lipinski definition) is 5. The molecule has 2 aromatic carbocycles. The number of aliphatic hydroxyl groups excluding tert-OH is 1. The summed E-state index contributed by atoms with van der Waals surface area (Å²) in [5, 5.41) is 16.9. The van der Waals surface area contributed by atoms with E-state index in [2.05, 4.69) is 30.9 Å². The number of aliphatic hydroxyl groups is 1. The minimum absolute atomic E-state index is 0.00555. The van der Waals surface area contributed by atoms with E-state index in [9.17, 15) is 13.2 Å². The van der Waals surface area contributed by atoms with Gasteiger partial charge < -0.3 is 29.5 Å². The predicted molar refractivity (Wildman–Crippen MR) is 124 cm³/mol. The quantitative estimate of drug-likeness (QED) is 0.165. The van der Waals surface area contributed by atoms with E-state index in [1.807, 2.05) is 0 Å². The van der Waals surface area contributed by atoms with E-state index in [1.54, 1.807) is 41.5 Å². The number of anilines is 1. The molecule has 2 amide bonds. The Kier molecular flexibility index (Phi) is 7.06. The van der Waals surface area contributed by atoms with Gasteiger partial charge in [0.15, 0.2) is 0 Å². The third kappa shape index (κ3) is 5.70. The van der Waals surface area contributed by atoms with Crippen LogP contribution in [0.5, 0.6) is 5.75 Å². The molecule has 2 aromatic heterocycles. The second-order valence-electron chi connectivity index (χ2n) is 7.12. The molecule has 0 saturated carbocycles. The van der Waals surface area contributed by atoms with Gasteiger partial charge in [0, 0.05) is 43.8 Å². The van der Waals surface area contributed by atoms with Crippen molar-refractivity contribution in [1.82, 2.24) is 30.2 Å². The molecule has 34 heavy (non-hydrogen) atoms. The summed E-state index contributed by atoms with van der Waals surface area (Å²) >= 11 is 0. The van der Waals surface area contributed by atoms with E-state index in [1.165, 1.54) is 24.3 Å². The maximum absolute atomic E-state index is 12.7. The number of urea groups is 1. The lowest BCUT2D eigenvalue weighted by Crippen LogP contribution is -2.35. The van der Waals surface area contributed by atoms with Crippen LogP contribution in [0.4, 0.5) is 10.7 Å². The number of fused-ring (bicyclic) bond motifs is 1. The van der Waals surface area contributed by atoms with Gasteiger partial charge in [-0.15, -0.1) is 0 Å². The molecule has 13 heteroatoms. The van der Waals surface area contributed by atoms with Crippen LogP contribution < -0.4 is 20.1 Å². The van der Waals surface area contributed by atoms with Crippen molar-refractivity contribution in [3.05, 3.63) is 61.2 Å². The van der Waals surface area contributed by atoms with Crippen LogP contribution in [-0.4, -0.2) is 65.3 Å². The summed E-state index contributed by atoms with van der Waals surface area (Å²) in [6.45, 7) is 1.35. The maximum atomic E-state index is 12.7. The van der Waals surface area contributed by atoms with Crippen LogP contribution in [0.1, 0.15) is 0 Å². The highest BCUT2D eigenvalue weighted by molar-refractivity contribution is 7.87. The van der Waals surface area contributed by atoms with Gasteiger partial charge in [-0.05, 0) is 36.4 Å². The van der Waals surface area contributed by atoms with Gasteiger partial charge in [-0.2, -0.15) is 8.42 Å². The minimum Gasteiger partial charge on any atom is -0.395 e. The Labute approximate surface area is 195 Å². The third-order valence-corrected chi connectivity index (χ3v) is 5.96. The van der Waals surface area contributed by atoms with Crippen LogP contribution in [0.15, 0.2) is 66.1 Å². The average Bonchev–Trinajstić information content (AvgIpc) is 3.48. The van der Waals surface area contributed by atoms with Crippen molar-refractivity contribution in [3.8, 4) is 11.4 Å². The molecule has 12 nitrogen and oxygen atoms in total. The topological polar surface area (TPSA) is 163 Å². The van der Waals surface area contributed by atoms with E-state index < -0.39 is 16.1 Å². The Morgan fingerprint density at radius 3 is 2.68 bits per heavy atom. The van der Waals surface area contributed by atoms with Crippen LogP contribution in [-0.2, 0) is 10.1 Å². The summed E-state index contributed by atoms with van der Waals surface area (Å²) in [4.78, 5) is 23.1. The summed E-state index contributed by atoms with van der Waals surface area (Å²) < 4.78 is 32.4. The number of aromatic amines is 1. The lowest BCUT2D eigenvalue weighted by atomic mass is 10.3. The fourth-order valence-corrected chi connectivity index (χ4v) is 4.01. The summed E-state index contributed by atoms with van der Waals surface area (Å²) in [6, 6.07) is 10.3. The van der Waals surface area contributed by atoms with Gasteiger partial charge in [-0.25, -0.2) is 14.8 Å². The molecule has 0 radical (unpaired) electrons. The zero-order valence-electron chi connectivity index (χ0n) is 17.9. The molecule has 0 aliphatic carbocycles. The van der Waals surface area contributed by atoms with Crippen LogP contribution in [0.25, 0.3) is 16.7 Å². The number of aromatic nitrogens is 4. The van der Waals surface area contributed by atoms with Gasteiger partial charge in [0.25, 0.3) is 0 Å². The van der Waals surface area contributed by atoms with Crippen molar-refractivity contribution in [3.63, 3.8) is 0 Å². The number of imidazole rings is 2. The number of carbonyl (C=O) groups is 1. The Balaban J connectivity index is 1.40. The molecule has 4 aromatic rings. The average molecular weight is 486 g/mol. The SMILES string of the molecule is O=C(NCCNCCO)Nc1nc2cc(OS(=O)(=O)c3ccc(-n4ccnc4)cc3)ccc2[nH]1. The maximum Gasteiger partial charge on any atom is 0.339 e. The molecular weight excluding hydrogens is 462 g/mol. The molecule has 0 spiro atoms. The fraction of sp³-hybridized carbons (Fsp3) is 0.190. The normalized spacial score (nSPS) is 11.4. The Morgan fingerprint density at radius 2 is 1.94 bits per heavy atom. The molecule has 0 fully saturated rings. The van der Waals surface area contributed by atoms with Gasteiger partial charge in [-0.1, -0.05) is 0 Å². The van der Waals surface area contributed by atoms with Gasteiger partial charge in [0.05, 0.1) is 24.0 Å². The largest absolute Gasteiger partial charge is 0.395 e. The van der Waals surface area contributed by atoms with E-state index in [0.717, 1.165) is 5.69 Å². The second-order valence-corrected chi connectivity index (χ2v) is 8.67. The lowest BCUT2D eigenvalue weighted by Gasteiger charge is -2.08. The van der Waals surface area contributed by atoms with Crippen molar-refractivity contribution >= 4 is 33.1 Å². The zero-order chi connectivity index (χ0) is 24.0. The van der Waals surface area contributed by atoms with E-state index in [0.29, 0.717) is 30.7 Å². The Bertz CT molecular complexity index is 1350. The van der Waals surface area contributed by atoms with Crippen molar-refractivity contribution in [2.45, 2.75) is 4.90 Å². The molecule has 0 aliphatic rings. The van der Waals surface area contributed by atoms with E-state index >= 15 is 0 Å². The number of carbonyl (C=O) groups excluding carboxylic acids is 1. The number of amides is 2. The highest BCUT2D eigenvalue weighted by Crippen LogP contribution is 2.24. The first kappa shape index (κ1) is 23.2. The van der Waals surface area contributed by atoms with Crippen LogP contribution >= 0.6 is 0 Å². The first-order chi connectivity index (χ1) is 16.4. The third-order valence-electron chi connectivity index (χ3n) is 4.70. The van der Waals surface area contributed by atoms with Gasteiger partial charge >= 0.3 is 16.1 Å². The molecule has 0 saturated heterocycles. The number of benzene rings is 2. The van der Waals surface area contributed by atoms with Crippen LogP contribution in [0.2, 0.25) is 0 Å². The zero-order valence-corrected chi connectivity index (χ0v) is 18.7. The number of H-pyrrole nitrogens is 1. The Morgan fingerprint density at radius 1 is 1.12 bits per heavy atom. The standard InChI is InChI=1S/C21H23N7O5S/c29-12-10-22-7-8-24-21(30)27-20-25-18-6-3-16(13-19(18)26-20)33-34(31,32)17-4-1-15(2-5-17)28-11-9-23-14-28/h1-6,9,11,13-14,22,29H,7-8,10,12H2,(H3,24,25,26,27,30). The summed E-state index contributed by atoms with van der Waals surface area (Å²) in [5.41, 5.74) is 1.78. The smallest absolute Gasteiger partial charge is 0.339 e. The molecule has 2 heterocycles. The molecule has 0 bridgehead atoms. The van der Waals surface area contributed by atoms with Crippen LogP contribution in [0, 0.1) is 0 Å². The first-order valence-electron chi connectivity index (χ1n) is 10.3. The number of hydrogen-bond acceptors (Lipinski definition) is 8. The number of rotatable bonds is 10. The summed E-state index contributed by atoms with van der Waals surface area (Å²) in [5.74, 6) is 0.287. The van der Waals surface area contributed by atoms with Gasteiger partial charge in [-0.3, -0.25) is 5.32 Å². The predicted octanol–water partition coefficient (Wildman–Crippen LogP) is 1.22. The van der Waals surface area contributed by atoms with Crippen molar-refractivity contribution in [1.29, 1.82) is 0 Å². The fourth-order valence-electron chi connectivity index (χ4n) is 3.09. The van der Waals surface area contributed by atoms with Gasteiger partial charge in [0.1, 0.15) is 10.6 Å². The highest BCUT2D eigenvalue weighted by atomic mass is 32.2. The molecule has 0 atom stereocenters. The van der Waals surface area contributed by atoms with Gasteiger partial charge in [0.2, 0.25) is 5.95 Å². The number of nitrogens with zero attached hydrogens (tertiary/aromatic N) is 3. The first-order valence-corrected chi connectivity index (χ1v) is 11.7. The summed E-state index contributed by atoms with van der Waals surface area (Å²) in [6.07, 6.45) is 5.00. The Hall–Kier alpha value is -3.94. The molecule has 0 unspecified atom stereocenters. The molecule has 0 aliphatic heterocycles. The lowest BCUT2D eigenvalue weighted by molar-refractivity contribution is 0.251. The monoisotopic (exact) mass is 485 g/mol. The molecule has 5 N–H and O–H groups in total. The van der Waals surface area contributed by atoms with E-state index in [4.69, 9.17) is 9.29 Å². The van der Waals surface area contributed by atoms with E-state index in [-0.39, 0.29) is 23.2 Å². The summed E-state index contributed by atoms with van der Waals surface area (Å²) in [7, 11) is -4.06. The van der Waals surface area contributed by atoms with Crippen molar-refractivity contribution in [2.75, 3.05) is 31.6 Å². The molecular formula is C21H23N7O5S. The van der Waals surface area contributed by atoms with Crippen molar-refractivity contribution < 1.29 is 22.5 Å². The van der Waals surface area contributed by atoms with Crippen LogP contribution in [0.3, 0.4) is 0 Å². The van der Waals surface area contributed by atoms with Crippen molar-refractivity contribution in [2.24, 2.45) is 0 Å². The number of nitrogens with one attached hydrogen (secondary N) is 4. The minimum atomic E-state index is -4.06. The second kappa shape index (κ2) is 10.3.